The van der Waals surface area contributed by atoms with E-state index in [1.165, 1.54) is 6.07 Å². The Bertz CT molecular complexity index is 838. The quantitative estimate of drug-likeness (QED) is 0.935. The maximum absolute atomic E-state index is 12.9. The molecule has 22 heavy (non-hydrogen) atoms. The smallest absolute Gasteiger partial charge is 0.325 e. The fourth-order valence-electron chi connectivity index (χ4n) is 3.54. The Hall–Kier alpha value is -1.86. The van der Waals surface area contributed by atoms with E-state index < -0.39 is 21.5 Å². The summed E-state index contributed by atoms with van der Waals surface area (Å²) in [5.74, 6) is -1.14. The van der Waals surface area contributed by atoms with Crippen LogP contribution in [0.5, 0.6) is 0 Å². The molecule has 1 aromatic carbocycles. The molecule has 0 unspecified atom stereocenters. The number of para-hydroxylation sites is 1. The largest absolute Gasteiger partial charge is 0.480 e. The van der Waals surface area contributed by atoms with Crippen molar-refractivity contribution in [1.29, 1.82) is 0 Å². The zero-order valence-corrected chi connectivity index (χ0v) is 12.5. The lowest BCUT2D eigenvalue weighted by molar-refractivity contribution is -0.144. The van der Waals surface area contributed by atoms with E-state index in [4.69, 9.17) is 4.42 Å². The Morgan fingerprint density at radius 2 is 2.14 bits per heavy atom. The molecule has 4 rings (SSSR count). The number of furan rings is 1. The lowest BCUT2D eigenvalue weighted by atomic mass is 10.1. The Balaban J connectivity index is 1.81. The molecule has 1 saturated carbocycles. The summed E-state index contributed by atoms with van der Waals surface area (Å²) in [4.78, 5) is 11.6. The molecule has 0 radical (unpaired) electrons. The molecule has 0 bridgehead atoms. The summed E-state index contributed by atoms with van der Waals surface area (Å²) < 4.78 is 32.3. The van der Waals surface area contributed by atoms with Gasteiger partial charge in [-0.1, -0.05) is 18.2 Å². The standard InChI is InChI=1S/C15H15NO5S/c17-14(18)15-9-11(15)5-3-7-16(15)22(19,20)13-8-10-4-1-2-6-12(10)21-13/h1-2,4,6,8,11H,3,5,7,9H2,(H,17,18)/t11-,15+/m1/s1. The van der Waals surface area contributed by atoms with E-state index in [1.54, 1.807) is 24.3 Å². The van der Waals surface area contributed by atoms with Crippen LogP contribution in [0.1, 0.15) is 19.3 Å². The van der Waals surface area contributed by atoms with Gasteiger partial charge in [-0.25, -0.2) is 8.42 Å². The topological polar surface area (TPSA) is 87.8 Å². The number of hydrogen-bond acceptors (Lipinski definition) is 4. The van der Waals surface area contributed by atoms with E-state index in [1.807, 2.05) is 0 Å². The van der Waals surface area contributed by atoms with Crippen LogP contribution in [0.15, 0.2) is 39.8 Å². The first kappa shape index (κ1) is 13.8. The van der Waals surface area contributed by atoms with Crippen molar-refractivity contribution in [2.45, 2.75) is 29.9 Å². The Morgan fingerprint density at radius 1 is 1.36 bits per heavy atom. The second kappa shape index (κ2) is 4.33. The summed E-state index contributed by atoms with van der Waals surface area (Å²) in [5.41, 5.74) is -0.786. The third-order valence-corrected chi connectivity index (χ3v) is 6.55. The molecule has 6 nitrogen and oxygen atoms in total. The van der Waals surface area contributed by atoms with Crippen LogP contribution >= 0.6 is 0 Å². The lowest BCUT2D eigenvalue weighted by Gasteiger charge is -2.31. The van der Waals surface area contributed by atoms with Gasteiger partial charge in [0.05, 0.1) is 0 Å². The second-order valence-electron chi connectivity index (χ2n) is 5.95. The van der Waals surface area contributed by atoms with E-state index in [-0.39, 0.29) is 17.6 Å². The average Bonchev–Trinajstić information content (AvgIpc) is 3.09. The third kappa shape index (κ3) is 1.69. The Morgan fingerprint density at radius 3 is 2.86 bits per heavy atom. The van der Waals surface area contributed by atoms with Gasteiger partial charge in [0, 0.05) is 18.0 Å². The summed E-state index contributed by atoms with van der Waals surface area (Å²) in [7, 11) is -3.95. The fraction of sp³-hybridized carbons (Fsp3) is 0.400. The van der Waals surface area contributed by atoms with Gasteiger partial charge >= 0.3 is 5.97 Å². The van der Waals surface area contributed by atoms with Crippen molar-refractivity contribution in [3.63, 3.8) is 0 Å². The molecule has 2 fully saturated rings. The molecule has 0 amide bonds. The van der Waals surface area contributed by atoms with Crippen molar-refractivity contribution in [2.24, 2.45) is 5.92 Å². The zero-order chi connectivity index (χ0) is 15.5. The second-order valence-corrected chi connectivity index (χ2v) is 7.75. The van der Waals surface area contributed by atoms with Crippen LogP contribution in [-0.4, -0.2) is 35.9 Å². The maximum Gasteiger partial charge on any atom is 0.325 e. The van der Waals surface area contributed by atoms with Gasteiger partial charge in [0.15, 0.2) is 0 Å². The molecule has 0 spiro atoms. The molecule has 1 saturated heterocycles. The normalized spacial score (nSPS) is 28.5. The molecular weight excluding hydrogens is 306 g/mol. The molecule has 1 aliphatic heterocycles. The first-order chi connectivity index (χ1) is 10.5. The monoisotopic (exact) mass is 321 g/mol. The third-order valence-electron chi connectivity index (χ3n) is 4.75. The number of sulfonamides is 1. The highest BCUT2D eigenvalue weighted by molar-refractivity contribution is 7.89. The van der Waals surface area contributed by atoms with E-state index in [0.29, 0.717) is 23.8 Å². The van der Waals surface area contributed by atoms with Crippen molar-refractivity contribution in [3.05, 3.63) is 30.3 Å². The highest BCUT2D eigenvalue weighted by atomic mass is 32.2. The molecule has 2 aliphatic rings. The van der Waals surface area contributed by atoms with Gasteiger partial charge in [0.2, 0.25) is 5.09 Å². The van der Waals surface area contributed by atoms with Gasteiger partial charge in [-0.15, -0.1) is 0 Å². The molecule has 2 heterocycles. The number of rotatable bonds is 3. The summed E-state index contributed by atoms with van der Waals surface area (Å²) >= 11 is 0. The van der Waals surface area contributed by atoms with E-state index >= 15 is 0 Å². The van der Waals surface area contributed by atoms with Crippen LogP contribution in [-0.2, 0) is 14.8 Å². The van der Waals surface area contributed by atoms with Crippen molar-refractivity contribution < 1.29 is 22.7 Å². The van der Waals surface area contributed by atoms with Crippen LogP contribution < -0.4 is 0 Å². The zero-order valence-electron chi connectivity index (χ0n) is 11.7. The Labute approximate surface area is 127 Å². The van der Waals surface area contributed by atoms with Crippen molar-refractivity contribution >= 4 is 27.0 Å². The van der Waals surface area contributed by atoms with Crippen LogP contribution in [0.4, 0.5) is 0 Å². The van der Waals surface area contributed by atoms with Gasteiger partial charge in [-0.2, -0.15) is 4.31 Å². The lowest BCUT2D eigenvalue weighted by Crippen LogP contribution is -2.51. The minimum Gasteiger partial charge on any atom is -0.480 e. The van der Waals surface area contributed by atoms with E-state index in [2.05, 4.69) is 0 Å². The van der Waals surface area contributed by atoms with Crippen LogP contribution in [0.2, 0.25) is 0 Å². The Kier molecular flexibility index (Phi) is 2.71. The van der Waals surface area contributed by atoms with Gasteiger partial charge in [-0.3, -0.25) is 4.79 Å². The van der Waals surface area contributed by atoms with Crippen LogP contribution in [0.3, 0.4) is 0 Å². The number of hydrogen-bond donors (Lipinski definition) is 1. The molecule has 2 atom stereocenters. The van der Waals surface area contributed by atoms with Gasteiger partial charge < -0.3 is 9.52 Å². The van der Waals surface area contributed by atoms with Gasteiger partial charge in [0.1, 0.15) is 11.1 Å². The molecule has 2 aromatic rings. The molecule has 116 valence electrons. The average molecular weight is 321 g/mol. The number of nitrogens with zero attached hydrogens (tertiary/aromatic N) is 1. The summed E-state index contributed by atoms with van der Waals surface area (Å²) in [5, 5.41) is 10.0. The van der Waals surface area contributed by atoms with Crippen LogP contribution in [0.25, 0.3) is 11.0 Å². The molecular formula is C15H15NO5S. The van der Waals surface area contributed by atoms with Gasteiger partial charge in [0.25, 0.3) is 10.0 Å². The summed E-state index contributed by atoms with van der Waals surface area (Å²) in [6, 6.07) is 8.48. The van der Waals surface area contributed by atoms with Gasteiger partial charge in [-0.05, 0) is 31.2 Å². The molecule has 1 aromatic heterocycles. The minimum absolute atomic E-state index is 0.0853. The first-order valence-corrected chi connectivity index (χ1v) is 8.65. The number of fused-ring (bicyclic) bond motifs is 2. The summed E-state index contributed by atoms with van der Waals surface area (Å²) in [6.07, 6.45) is 1.83. The van der Waals surface area contributed by atoms with E-state index in [9.17, 15) is 18.3 Å². The number of aliphatic carboxylic acids is 1. The molecule has 1 aliphatic carbocycles. The van der Waals surface area contributed by atoms with Crippen molar-refractivity contribution in [3.8, 4) is 0 Å². The highest BCUT2D eigenvalue weighted by Crippen LogP contribution is 2.56. The number of carbonyl (C=O) groups is 1. The molecule has 1 N–H and O–H groups in total. The SMILES string of the molecule is O=C(O)[C@]12C[C@H]1CCCN2S(=O)(=O)c1cc2ccccc2o1. The predicted molar refractivity (Wildman–Crippen MR) is 77.8 cm³/mol. The predicted octanol–water partition coefficient (Wildman–Crippen LogP) is 2.06. The number of benzene rings is 1. The first-order valence-electron chi connectivity index (χ1n) is 7.21. The maximum atomic E-state index is 12.9. The van der Waals surface area contributed by atoms with Crippen LogP contribution in [0, 0.1) is 5.92 Å². The van der Waals surface area contributed by atoms with Crippen molar-refractivity contribution in [2.75, 3.05) is 6.54 Å². The fourth-order valence-corrected chi connectivity index (χ4v) is 5.33. The van der Waals surface area contributed by atoms with E-state index in [0.717, 1.165) is 10.7 Å². The number of carboxylic acid groups (broad SMARTS) is 1. The number of piperidine rings is 1. The molecule has 7 heteroatoms. The minimum atomic E-state index is -3.95. The van der Waals surface area contributed by atoms with Crippen molar-refractivity contribution in [1.82, 2.24) is 4.31 Å². The highest BCUT2D eigenvalue weighted by Gasteiger charge is 2.68. The summed E-state index contributed by atoms with van der Waals surface area (Å²) in [6.45, 7) is 0.224. The number of carboxylic acids is 1.